The van der Waals surface area contributed by atoms with Crippen molar-refractivity contribution in [2.75, 3.05) is 6.61 Å². The number of nitrogens with zero attached hydrogens (tertiary/aromatic N) is 4. The van der Waals surface area contributed by atoms with Crippen LogP contribution in [0.2, 0.25) is 10.0 Å². The zero-order valence-corrected chi connectivity index (χ0v) is 20.9. The zero-order chi connectivity index (χ0) is 25.1. The predicted octanol–water partition coefficient (Wildman–Crippen LogP) is 6.34. The number of halogens is 2. The molecule has 2 heterocycles. The molecule has 5 rings (SSSR count). The third-order valence-corrected chi connectivity index (χ3v) is 6.71. The first-order chi connectivity index (χ1) is 17.5. The fraction of sp³-hybridized carbons (Fsp3) is 0.308. The van der Waals surface area contributed by atoms with E-state index in [1.807, 2.05) is 6.20 Å². The Bertz CT molecular complexity index is 1360. The molecule has 0 amide bonds. The summed E-state index contributed by atoms with van der Waals surface area (Å²) in [6.45, 7) is 0.947. The van der Waals surface area contributed by atoms with Crippen molar-refractivity contribution in [3.05, 3.63) is 81.3 Å². The number of aryl methyl sites for hydroxylation is 1. The summed E-state index contributed by atoms with van der Waals surface area (Å²) in [6, 6.07) is 12.0. The summed E-state index contributed by atoms with van der Waals surface area (Å²) in [6.07, 6.45) is 6.44. The minimum Gasteiger partial charge on any atom is -0.478 e. The first kappa shape index (κ1) is 24.5. The molecule has 0 aliphatic heterocycles. The minimum atomic E-state index is -0.977. The van der Waals surface area contributed by atoms with Crippen LogP contribution in [0.3, 0.4) is 0 Å². The molecule has 0 radical (unpaired) electrons. The molecule has 186 valence electrons. The van der Waals surface area contributed by atoms with Crippen molar-refractivity contribution in [3.63, 3.8) is 0 Å². The lowest BCUT2D eigenvalue weighted by molar-refractivity contribution is 0.0697. The van der Waals surface area contributed by atoms with Crippen molar-refractivity contribution >= 4 is 29.2 Å². The van der Waals surface area contributed by atoms with Gasteiger partial charge in [-0.2, -0.15) is 0 Å². The highest BCUT2D eigenvalue weighted by Gasteiger charge is 2.33. The number of carbonyl (C=O) groups is 1. The lowest BCUT2D eigenvalue weighted by Gasteiger charge is -2.08. The number of carboxylic acids is 1. The Kier molecular flexibility index (Phi) is 7.36. The third kappa shape index (κ3) is 5.46. The van der Waals surface area contributed by atoms with Gasteiger partial charge in [-0.15, -0.1) is 5.10 Å². The number of carboxylic acid groups (broad SMARTS) is 1. The first-order valence-electron chi connectivity index (χ1n) is 11.8. The van der Waals surface area contributed by atoms with Crippen molar-refractivity contribution in [2.45, 2.75) is 44.6 Å². The van der Waals surface area contributed by atoms with Crippen LogP contribution in [0.5, 0.6) is 0 Å². The molecule has 2 aromatic carbocycles. The van der Waals surface area contributed by atoms with E-state index in [0.29, 0.717) is 46.1 Å². The van der Waals surface area contributed by atoms with Gasteiger partial charge in [0.25, 0.3) is 0 Å². The molecule has 1 fully saturated rings. The van der Waals surface area contributed by atoms with E-state index in [0.717, 1.165) is 49.1 Å². The second-order valence-electron chi connectivity index (χ2n) is 8.76. The van der Waals surface area contributed by atoms with Crippen molar-refractivity contribution < 1.29 is 19.2 Å². The quantitative estimate of drug-likeness (QED) is 0.227. The topological polar surface area (TPSA) is 103 Å². The summed E-state index contributed by atoms with van der Waals surface area (Å²) < 4.78 is 13.3. The maximum atomic E-state index is 11.2. The molecule has 10 heteroatoms. The summed E-state index contributed by atoms with van der Waals surface area (Å²) >= 11 is 12.8. The van der Waals surface area contributed by atoms with Gasteiger partial charge in [0.15, 0.2) is 0 Å². The van der Waals surface area contributed by atoms with Gasteiger partial charge in [-0.05, 0) is 62.4 Å². The van der Waals surface area contributed by atoms with Crippen molar-refractivity contribution in [1.82, 2.24) is 20.2 Å². The average molecular weight is 527 g/mol. The normalized spacial score (nSPS) is 13.3. The van der Waals surface area contributed by atoms with E-state index < -0.39 is 5.97 Å². The van der Waals surface area contributed by atoms with E-state index in [-0.39, 0.29) is 5.56 Å². The van der Waals surface area contributed by atoms with Gasteiger partial charge in [0.1, 0.15) is 11.5 Å². The Balaban J connectivity index is 1.15. The molecule has 0 unspecified atom stereocenters. The fourth-order valence-corrected chi connectivity index (χ4v) is 4.63. The van der Waals surface area contributed by atoms with E-state index in [2.05, 4.69) is 15.5 Å². The van der Waals surface area contributed by atoms with E-state index in [1.54, 1.807) is 47.1 Å². The number of hydrogen-bond donors (Lipinski definition) is 1. The molecule has 1 aliphatic rings. The van der Waals surface area contributed by atoms with E-state index in [1.165, 1.54) is 0 Å². The van der Waals surface area contributed by atoms with Crippen LogP contribution in [0.1, 0.15) is 59.0 Å². The number of aromatic carboxylic acids is 1. The summed E-state index contributed by atoms with van der Waals surface area (Å²) in [5, 5.41) is 22.9. The van der Waals surface area contributed by atoms with E-state index in [4.69, 9.17) is 32.5 Å². The van der Waals surface area contributed by atoms with Crippen molar-refractivity contribution in [3.8, 4) is 16.9 Å². The summed E-state index contributed by atoms with van der Waals surface area (Å²) in [4.78, 5) is 11.2. The lowest BCUT2D eigenvalue weighted by atomic mass is 10.0. The second-order valence-corrected chi connectivity index (χ2v) is 9.58. The molecule has 0 bridgehead atoms. The number of rotatable bonds is 11. The van der Waals surface area contributed by atoms with Crippen LogP contribution in [-0.2, 0) is 17.8 Å². The Morgan fingerprint density at radius 3 is 2.67 bits per heavy atom. The molecule has 0 saturated heterocycles. The number of benzene rings is 2. The van der Waals surface area contributed by atoms with Gasteiger partial charge < -0.3 is 14.4 Å². The highest BCUT2D eigenvalue weighted by molar-refractivity contribution is 6.39. The molecule has 1 saturated carbocycles. The molecule has 0 spiro atoms. The molecule has 36 heavy (non-hydrogen) atoms. The fourth-order valence-electron chi connectivity index (χ4n) is 4.05. The second kappa shape index (κ2) is 10.8. The van der Waals surface area contributed by atoms with Crippen LogP contribution in [0.4, 0.5) is 0 Å². The Morgan fingerprint density at radius 2 is 1.92 bits per heavy atom. The van der Waals surface area contributed by atoms with Crippen LogP contribution < -0.4 is 0 Å². The standard InChI is InChI=1S/C26H24Cl2N4O4/c27-21-8-4-9-22(28)23(21)24-20(25(36-30-24)16-10-11-16)15-35-12-2-1-6-18-14-32(31-29-18)19-7-3-5-17(13-19)26(33)34/h3-5,7-9,13-14,16H,1-2,6,10-12,15H2,(H,33,34). The third-order valence-electron chi connectivity index (χ3n) is 6.08. The van der Waals surface area contributed by atoms with E-state index >= 15 is 0 Å². The smallest absolute Gasteiger partial charge is 0.335 e. The number of unbranched alkanes of at least 4 members (excludes halogenated alkanes) is 1. The molecule has 8 nitrogen and oxygen atoms in total. The van der Waals surface area contributed by atoms with Gasteiger partial charge in [-0.25, -0.2) is 9.48 Å². The highest BCUT2D eigenvalue weighted by Crippen LogP contribution is 2.46. The van der Waals surface area contributed by atoms with Gasteiger partial charge in [0, 0.05) is 23.7 Å². The van der Waals surface area contributed by atoms with Crippen LogP contribution in [0.25, 0.3) is 16.9 Å². The van der Waals surface area contributed by atoms with Gasteiger partial charge in [0.2, 0.25) is 0 Å². The molecular formula is C26H24Cl2N4O4. The number of aromatic nitrogens is 4. The van der Waals surface area contributed by atoms with E-state index in [9.17, 15) is 9.90 Å². The SMILES string of the molecule is O=C(O)c1cccc(-n2cc(CCCCOCc3c(-c4c(Cl)cccc4Cl)noc3C3CC3)nn2)c1. The number of hydrogen-bond acceptors (Lipinski definition) is 6. The predicted molar refractivity (Wildman–Crippen MR) is 135 cm³/mol. The summed E-state index contributed by atoms with van der Waals surface area (Å²) in [7, 11) is 0. The van der Waals surface area contributed by atoms with Gasteiger partial charge in [-0.3, -0.25) is 0 Å². The number of ether oxygens (including phenoxy) is 1. The van der Waals surface area contributed by atoms with Crippen LogP contribution in [-0.4, -0.2) is 37.8 Å². The Labute approximate surface area is 217 Å². The Morgan fingerprint density at radius 1 is 1.14 bits per heavy atom. The molecule has 1 aliphatic carbocycles. The van der Waals surface area contributed by atoms with Crippen molar-refractivity contribution in [1.29, 1.82) is 0 Å². The van der Waals surface area contributed by atoms with Gasteiger partial charge in [-0.1, -0.05) is 45.7 Å². The van der Waals surface area contributed by atoms with Gasteiger partial charge in [0.05, 0.1) is 39.8 Å². The monoisotopic (exact) mass is 526 g/mol. The average Bonchev–Trinajstić information content (AvgIpc) is 3.46. The molecular weight excluding hydrogens is 503 g/mol. The minimum absolute atomic E-state index is 0.208. The molecule has 0 atom stereocenters. The highest BCUT2D eigenvalue weighted by atomic mass is 35.5. The van der Waals surface area contributed by atoms with Crippen LogP contribution in [0.15, 0.2) is 53.2 Å². The molecule has 2 aromatic heterocycles. The van der Waals surface area contributed by atoms with Crippen LogP contribution >= 0.6 is 23.2 Å². The largest absolute Gasteiger partial charge is 0.478 e. The molecule has 1 N–H and O–H groups in total. The first-order valence-corrected chi connectivity index (χ1v) is 12.5. The molecule has 4 aromatic rings. The lowest BCUT2D eigenvalue weighted by Crippen LogP contribution is -2.00. The zero-order valence-electron chi connectivity index (χ0n) is 19.4. The van der Waals surface area contributed by atoms with Gasteiger partial charge >= 0.3 is 5.97 Å². The summed E-state index contributed by atoms with van der Waals surface area (Å²) in [5.41, 5.74) is 3.94. The maximum Gasteiger partial charge on any atom is 0.335 e. The summed E-state index contributed by atoms with van der Waals surface area (Å²) in [5.74, 6) is 0.268. The Hall–Kier alpha value is -3.20. The van der Waals surface area contributed by atoms with Crippen molar-refractivity contribution in [2.24, 2.45) is 0 Å². The maximum absolute atomic E-state index is 11.2. The van der Waals surface area contributed by atoms with Crippen LogP contribution in [0, 0.1) is 0 Å².